The Kier molecular flexibility index (Phi) is 7.16. The Labute approximate surface area is 190 Å². The largest absolute Gasteiger partial charge is 0.465 e. The number of ketones is 1. The fourth-order valence-corrected chi connectivity index (χ4v) is 5.03. The number of Topliss-reactive ketones (excluding diaryl/α,β-unsaturated/α-hetero) is 1. The van der Waals surface area contributed by atoms with Gasteiger partial charge in [0.05, 0.1) is 25.8 Å². The summed E-state index contributed by atoms with van der Waals surface area (Å²) in [5.74, 6) is 0.214. The highest BCUT2D eigenvalue weighted by Gasteiger charge is 2.33. The van der Waals surface area contributed by atoms with Crippen LogP contribution >= 0.6 is 11.3 Å². The Morgan fingerprint density at radius 3 is 2.81 bits per heavy atom. The molecule has 1 fully saturated rings. The summed E-state index contributed by atoms with van der Waals surface area (Å²) in [6.45, 7) is 3.71. The van der Waals surface area contributed by atoms with Crippen molar-refractivity contribution in [3.05, 3.63) is 46.2 Å². The van der Waals surface area contributed by atoms with Gasteiger partial charge in [0.1, 0.15) is 0 Å². The van der Waals surface area contributed by atoms with Crippen molar-refractivity contribution in [2.75, 3.05) is 31.8 Å². The summed E-state index contributed by atoms with van der Waals surface area (Å²) in [7, 11) is 1.58. The molecule has 0 spiro atoms. The molecule has 32 heavy (non-hydrogen) atoms. The van der Waals surface area contributed by atoms with E-state index in [1.54, 1.807) is 7.11 Å². The van der Waals surface area contributed by atoms with E-state index >= 15 is 0 Å². The molecule has 1 aliphatic rings. The van der Waals surface area contributed by atoms with Crippen LogP contribution in [0.4, 0.5) is 5.13 Å². The first kappa shape index (κ1) is 22.4. The number of anilines is 1. The summed E-state index contributed by atoms with van der Waals surface area (Å²) >= 11 is 1.34. The number of methoxy groups -OCH3 is 1. The molecule has 170 valence electrons. The lowest BCUT2D eigenvalue weighted by atomic mass is 10.0. The number of aromatic nitrogens is 3. The smallest absolute Gasteiger partial charge is 0.300 e. The van der Waals surface area contributed by atoms with E-state index in [2.05, 4.69) is 9.97 Å². The standard InChI is InChI=1S/C23H28N4O4S/c1-3-31-22-25-20-19(21(29)27(22)14-15-30-2)24-23(32-20)26-13-7-10-17(26)18(28)12-11-16-8-5-4-6-9-16/h4-6,8-9,17H,3,7,10-15H2,1-2H3/t17-/m1/s1. The molecule has 0 aliphatic carbocycles. The fraction of sp³-hybridized carbons (Fsp3) is 0.478. The van der Waals surface area contributed by atoms with Crippen LogP contribution in [0.1, 0.15) is 31.7 Å². The Balaban J connectivity index is 1.58. The van der Waals surface area contributed by atoms with E-state index < -0.39 is 0 Å². The molecule has 1 saturated heterocycles. The normalized spacial score (nSPS) is 16.1. The molecule has 8 nitrogen and oxygen atoms in total. The molecule has 0 radical (unpaired) electrons. The molecule has 1 aliphatic heterocycles. The summed E-state index contributed by atoms with van der Waals surface area (Å²) in [5.41, 5.74) is 1.23. The molecule has 0 saturated carbocycles. The molecule has 0 N–H and O–H groups in total. The number of ether oxygens (including phenoxy) is 2. The molecule has 2 aromatic heterocycles. The molecule has 1 aromatic carbocycles. The number of hydrogen-bond acceptors (Lipinski definition) is 8. The predicted molar refractivity (Wildman–Crippen MR) is 125 cm³/mol. The number of nitrogens with zero attached hydrogens (tertiary/aromatic N) is 4. The Morgan fingerprint density at radius 1 is 1.25 bits per heavy atom. The van der Waals surface area contributed by atoms with Crippen LogP contribution < -0.4 is 15.2 Å². The van der Waals surface area contributed by atoms with Gasteiger partial charge in [0.25, 0.3) is 5.56 Å². The van der Waals surface area contributed by atoms with Crippen molar-refractivity contribution in [2.45, 2.75) is 45.2 Å². The van der Waals surface area contributed by atoms with Crippen LogP contribution in [0.15, 0.2) is 35.1 Å². The minimum Gasteiger partial charge on any atom is -0.465 e. The molecule has 0 amide bonds. The van der Waals surface area contributed by atoms with Crippen LogP contribution in [0.25, 0.3) is 10.3 Å². The molecule has 9 heteroatoms. The maximum absolute atomic E-state index is 13.1. The number of aryl methyl sites for hydroxylation is 1. The van der Waals surface area contributed by atoms with E-state index in [-0.39, 0.29) is 23.4 Å². The maximum atomic E-state index is 13.1. The molecule has 0 unspecified atom stereocenters. The number of thiazole rings is 1. The maximum Gasteiger partial charge on any atom is 0.300 e. The first-order valence-corrected chi connectivity index (χ1v) is 11.8. The third-order valence-corrected chi connectivity index (χ3v) is 6.63. The Hall–Kier alpha value is -2.78. The summed E-state index contributed by atoms with van der Waals surface area (Å²) in [6.07, 6.45) is 2.95. The molecule has 4 rings (SSSR count). The van der Waals surface area contributed by atoms with E-state index in [4.69, 9.17) is 9.47 Å². The second-order valence-corrected chi connectivity index (χ2v) is 8.69. The number of fused-ring (bicyclic) bond motifs is 1. The fourth-order valence-electron chi connectivity index (χ4n) is 4.03. The van der Waals surface area contributed by atoms with Crippen molar-refractivity contribution in [1.29, 1.82) is 0 Å². The predicted octanol–water partition coefficient (Wildman–Crippen LogP) is 3.07. The summed E-state index contributed by atoms with van der Waals surface area (Å²) in [5, 5.41) is 0.673. The first-order valence-electron chi connectivity index (χ1n) is 11.0. The Morgan fingerprint density at radius 2 is 2.06 bits per heavy atom. The topological polar surface area (TPSA) is 86.5 Å². The Bertz CT molecular complexity index is 1130. The van der Waals surface area contributed by atoms with Crippen LogP contribution in [0.5, 0.6) is 6.01 Å². The van der Waals surface area contributed by atoms with Crippen molar-refractivity contribution in [1.82, 2.24) is 14.5 Å². The van der Waals surface area contributed by atoms with Crippen LogP contribution in [0.3, 0.4) is 0 Å². The van der Waals surface area contributed by atoms with Gasteiger partial charge in [-0.25, -0.2) is 4.98 Å². The second kappa shape index (κ2) is 10.2. The lowest BCUT2D eigenvalue weighted by molar-refractivity contribution is -0.120. The van der Waals surface area contributed by atoms with Crippen molar-refractivity contribution in [3.63, 3.8) is 0 Å². The summed E-state index contributed by atoms with van der Waals surface area (Å²) in [4.78, 5) is 37.8. The highest BCUT2D eigenvalue weighted by atomic mass is 32.1. The average Bonchev–Trinajstić information content (AvgIpc) is 3.45. The average molecular weight is 457 g/mol. The van der Waals surface area contributed by atoms with Gasteiger partial charge in [-0.15, -0.1) is 0 Å². The van der Waals surface area contributed by atoms with E-state index in [1.165, 1.54) is 15.9 Å². The number of hydrogen-bond donors (Lipinski definition) is 0. The summed E-state index contributed by atoms with van der Waals surface area (Å²) in [6, 6.07) is 10.1. The number of carbonyl (C=O) groups excluding carboxylic acids is 1. The molecule has 3 aromatic rings. The van der Waals surface area contributed by atoms with E-state index in [1.807, 2.05) is 42.2 Å². The van der Waals surface area contributed by atoms with Crippen LogP contribution in [0.2, 0.25) is 0 Å². The van der Waals surface area contributed by atoms with Gasteiger partial charge < -0.3 is 14.4 Å². The monoisotopic (exact) mass is 456 g/mol. The number of benzene rings is 1. The van der Waals surface area contributed by atoms with Gasteiger partial charge in [-0.2, -0.15) is 4.98 Å². The zero-order valence-electron chi connectivity index (χ0n) is 18.5. The van der Waals surface area contributed by atoms with E-state index in [9.17, 15) is 9.59 Å². The van der Waals surface area contributed by atoms with Gasteiger partial charge in [0, 0.05) is 20.1 Å². The van der Waals surface area contributed by atoms with E-state index in [0.29, 0.717) is 41.7 Å². The van der Waals surface area contributed by atoms with Gasteiger partial charge >= 0.3 is 6.01 Å². The highest BCUT2D eigenvalue weighted by molar-refractivity contribution is 7.21. The van der Waals surface area contributed by atoms with Crippen LogP contribution in [0, 0.1) is 0 Å². The van der Waals surface area contributed by atoms with Gasteiger partial charge in [0.2, 0.25) is 0 Å². The third kappa shape index (κ3) is 4.68. The lowest BCUT2D eigenvalue weighted by Gasteiger charge is -2.22. The van der Waals surface area contributed by atoms with Crippen molar-refractivity contribution < 1.29 is 14.3 Å². The van der Waals surface area contributed by atoms with E-state index in [0.717, 1.165) is 31.4 Å². The lowest BCUT2D eigenvalue weighted by Crippen LogP contribution is -2.36. The SMILES string of the molecule is CCOc1nc2sc(N3CCC[C@@H]3C(=O)CCc3ccccc3)nc2c(=O)n1CCOC. The molecule has 1 atom stereocenters. The minimum atomic E-state index is -0.246. The highest BCUT2D eigenvalue weighted by Crippen LogP contribution is 2.33. The van der Waals surface area contributed by atoms with Gasteiger partial charge in [0.15, 0.2) is 21.3 Å². The van der Waals surface area contributed by atoms with Crippen LogP contribution in [-0.4, -0.2) is 53.2 Å². The molecular formula is C23H28N4O4S. The number of carbonyl (C=O) groups is 1. The quantitative estimate of drug-likeness (QED) is 0.463. The van der Waals surface area contributed by atoms with Crippen LogP contribution in [-0.2, 0) is 22.5 Å². The molecule has 0 bridgehead atoms. The third-order valence-electron chi connectivity index (χ3n) is 5.64. The van der Waals surface area contributed by atoms with Crippen molar-refractivity contribution in [2.24, 2.45) is 0 Å². The van der Waals surface area contributed by atoms with Gasteiger partial charge in [-0.3, -0.25) is 14.2 Å². The summed E-state index contributed by atoms with van der Waals surface area (Å²) < 4.78 is 12.2. The van der Waals surface area contributed by atoms with Gasteiger partial charge in [-0.05, 0) is 31.7 Å². The van der Waals surface area contributed by atoms with Crippen molar-refractivity contribution >= 4 is 32.6 Å². The first-order chi connectivity index (χ1) is 15.6. The number of rotatable bonds is 10. The van der Waals surface area contributed by atoms with Crippen molar-refractivity contribution in [3.8, 4) is 6.01 Å². The molecular weight excluding hydrogens is 428 g/mol. The zero-order chi connectivity index (χ0) is 22.5. The zero-order valence-corrected chi connectivity index (χ0v) is 19.3. The minimum absolute atomic E-state index is 0.207. The molecule has 3 heterocycles. The second-order valence-electron chi connectivity index (χ2n) is 7.73. The van der Waals surface area contributed by atoms with Gasteiger partial charge in [-0.1, -0.05) is 41.7 Å².